The van der Waals surface area contributed by atoms with Crippen molar-refractivity contribution < 1.29 is 36.2 Å². The third-order valence-corrected chi connectivity index (χ3v) is 6.78. The Kier molecular flexibility index (Phi) is 11.3. The van der Waals surface area contributed by atoms with E-state index in [1.165, 1.54) is 0 Å². The average Bonchev–Trinajstić information content (AvgIpc) is 3.11. The van der Waals surface area contributed by atoms with E-state index in [1.807, 2.05) is 13.0 Å². The maximum absolute atomic E-state index is 12.8. The van der Waals surface area contributed by atoms with Gasteiger partial charge < -0.3 is 15.7 Å². The van der Waals surface area contributed by atoms with Crippen LogP contribution in [0.2, 0.25) is 0 Å². The van der Waals surface area contributed by atoms with Crippen molar-refractivity contribution in [2.75, 3.05) is 10.6 Å². The van der Waals surface area contributed by atoms with Gasteiger partial charge in [0.15, 0.2) is 5.82 Å². The first-order chi connectivity index (χ1) is 24.7. The van der Waals surface area contributed by atoms with E-state index in [2.05, 4.69) is 50.7 Å². The van der Waals surface area contributed by atoms with E-state index in [0.29, 0.717) is 34.2 Å². The Morgan fingerprint density at radius 3 is 1.87 bits per heavy atom. The molecule has 52 heavy (non-hydrogen) atoms. The van der Waals surface area contributed by atoms with Crippen molar-refractivity contribution in [2.45, 2.75) is 32.1 Å². The van der Waals surface area contributed by atoms with Crippen molar-refractivity contribution >= 4 is 29.2 Å². The van der Waals surface area contributed by atoms with Crippen molar-refractivity contribution in [2.24, 2.45) is 0 Å². The molecule has 3 N–H and O–H groups in total. The van der Waals surface area contributed by atoms with Gasteiger partial charge in [0.2, 0.25) is 11.9 Å². The number of alkyl halides is 6. The van der Waals surface area contributed by atoms with Crippen LogP contribution in [0.5, 0.6) is 0 Å². The summed E-state index contributed by atoms with van der Waals surface area (Å²) in [6, 6.07) is 18.9. The van der Waals surface area contributed by atoms with E-state index in [9.17, 15) is 31.1 Å². The molecule has 12 nitrogen and oxygen atoms in total. The Morgan fingerprint density at radius 1 is 0.673 bits per heavy atom. The minimum atomic E-state index is -4.56. The lowest BCUT2D eigenvalue weighted by Gasteiger charge is -2.10. The van der Waals surface area contributed by atoms with Crippen LogP contribution in [0.3, 0.4) is 0 Å². The molecule has 6 aromatic rings. The van der Waals surface area contributed by atoms with Crippen LogP contribution in [0.4, 0.5) is 49.6 Å². The fraction of sp³-hybridized carbons (Fsp3) is 0.147. The molecular weight excluding hydrogens is 694 g/mol. The number of aliphatic carboxylic acids is 1. The first kappa shape index (κ1) is 36.7. The number of nitrogens with one attached hydrogen (secondary N) is 2. The van der Waals surface area contributed by atoms with Gasteiger partial charge in [-0.25, -0.2) is 29.9 Å². The third kappa shape index (κ3) is 10.5. The second-order valence-electron chi connectivity index (χ2n) is 10.8. The van der Waals surface area contributed by atoms with Crippen LogP contribution < -0.4 is 10.6 Å². The van der Waals surface area contributed by atoms with Gasteiger partial charge in [-0.3, -0.25) is 4.79 Å². The van der Waals surface area contributed by atoms with Crippen LogP contribution in [0.1, 0.15) is 29.1 Å². The molecule has 0 fully saturated rings. The van der Waals surface area contributed by atoms with Crippen LogP contribution >= 0.6 is 0 Å². The molecule has 0 unspecified atom stereocenters. The number of carboxylic acid groups (broad SMARTS) is 1. The number of nitrogens with zero attached hydrogens (tertiary/aromatic N) is 8. The van der Waals surface area contributed by atoms with Crippen molar-refractivity contribution in [3.05, 3.63) is 120 Å². The predicted octanol–water partition coefficient (Wildman–Crippen LogP) is 7.72. The maximum Gasteiger partial charge on any atom is 0.433 e. The molecule has 18 heteroatoms. The van der Waals surface area contributed by atoms with Gasteiger partial charge >= 0.3 is 18.3 Å². The van der Waals surface area contributed by atoms with Crippen LogP contribution in [0, 0.1) is 6.92 Å². The second kappa shape index (κ2) is 16.0. The van der Waals surface area contributed by atoms with Gasteiger partial charge in [-0.1, -0.05) is 12.1 Å². The van der Waals surface area contributed by atoms with Gasteiger partial charge in [-0.05, 0) is 73.2 Å². The number of carboxylic acids is 1. The van der Waals surface area contributed by atoms with Gasteiger partial charge in [0.05, 0.1) is 17.8 Å². The molecule has 2 aromatic carbocycles. The molecule has 0 atom stereocenters. The number of benzene rings is 2. The molecule has 0 aliphatic rings. The summed E-state index contributed by atoms with van der Waals surface area (Å²) in [5.41, 5.74) is 2.40. The zero-order valence-corrected chi connectivity index (χ0v) is 26.9. The highest BCUT2D eigenvalue weighted by atomic mass is 19.4. The molecule has 0 amide bonds. The summed E-state index contributed by atoms with van der Waals surface area (Å²) in [6.07, 6.45) is -3.50. The van der Waals surface area contributed by atoms with Gasteiger partial charge in [0, 0.05) is 53.7 Å². The zero-order valence-electron chi connectivity index (χ0n) is 26.9. The zero-order chi connectivity index (χ0) is 37.3. The molecule has 6 rings (SSSR count). The first-order valence-electron chi connectivity index (χ1n) is 15.1. The number of rotatable bonds is 9. The third-order valence-electron chi connectivity index (χ3n) is 6.78. The summed E-state index contributed by atoms with van der Waals surface area (Å²) >= 11 is 0. The van der Waals surface area contributed by atoms with E-state index < -0.39 is 29.7 Å². The smallest absolute Gasteiger partial charge is 0.433 e. The van der Waals surface area contributed by atoms with E-state index >= 15 is 0 Å². The summed E-state index contributed by atoms with van der Waals surface area (Å²) in [5, 5.41) is 22.3. The lowest BCUT2D eigenvalue weighted by molar-refractivity contribution is -0.141. The highest BCUT2D eigenvalue weighted by Crippen LogP contribution is 2.30. The van der Waals surface area contributed by atoms with E-state index in [-0.39, 0.29) is 24.7 Å². The molecule has 0 aliphatic carbocycles. The Hall–Kier alpha value is -6.59. The second-order valence-corrected chi connectivity index (χ2v) is 10.8. The predicted molar refractivity (Wildman–Crippen MR) is 176 cm³/mol. The Labute approximate surface area is 291 Å². The van der Waals surface area contributed by atoms with Crippen molar-refractivity contribution in [1.82, 2.24) is 40.1 Å². The summed E-state index contributed by atoms with van der Waals surface area (Å²) in [7, 11) is 0. The molecule has 0 saturated carbocycles. The van der Waals surface area contributed by atoms with E-state index in [4.69, 9.17) is 5.11 Å². The number of hydrogen-bond donors (Lipinski definition) is 3. The van der Waals surface area contributed by atoms with E-state index in [0.717, 1.165) is 35.7 Å². The number of anilines is 4. The average molecular weight is 721 g/mol. The van der Waals surface area contributed by atoms with Crippen molar-refractivity contribution in [1.29, 1.82) is 0 Å². The number of aromatic nitrogens is 8. The normalized spacial score (nSPS) is 11.3. The number of hydrogen-bond acceptors (Lipinski definition) is 11. The monoisotopic (exact) mass is 720 g/mol. The Bertz CT molecular complexity index is 2130. The molecular formula is C34H26F6N10O2. The fourth-order valence-corrected chi connectivity index (χ4v) is 4.48. The minimum absolute atomic E-state index is 0.0373. The number of halogens is 6. The Balaban J connectivity index is 0.000000203. The largest absolute Gasteiger partial charge is 0.481 e. The van der Waals surface area contributed by atoms with Crippen molar-refractivity contribution in [3.8, 4) is 22.6 Å². The van der Waals surface area contributed by atoms with Gasteiger partial charge in [-0.2, -0.15) is 36.5 Å². The first-order valence-corrected chi connectivity index (χ1v) is 15.1. The van der Waals surface area contributed by atoms with Crippen LogP contribution in [0.25, 0.3) is 22.6 Å². The summed E-state index contributed by atoms with van der Waals surface area (Å²) < 4.78 is 76.4. The molecule has 0 spiro atoms. The van der Waals surface area contributed by atoms with E-state index in [1.54, 1.807) is 67.0 Å². The molecule has 0 aliphatic heterocycles. The quantitative estimate of drug-likeness (QED) is 0.125. The molecule has 0 saturated heterocycles. The molecule has 4 heterocycles. The van der Waals surface area contributed by atoms with Crippen LogP contribution in [-0.4, -0.2) is 51.2 Å². The summed E-state index contributed by atoms with van der Waals surface area (Å²) in [4.78, 5) is 33.5. The molecule has 266 valence electrons. The SMILES string of the molecule is Cc1cc(Nc2nccc(C(F)(F)F)n2)cc(-c2ncccn2)c1.O=C(O)CCc1ccc(-c2cccc(Nc3nccc(C(F)(F)F)n3)c2)nn1. The topological polar surface area (TPSA) is 164 Å². The standard InChI is InChI=1S/C18H14F3N5O2.C16H12F3N5/c19-18(20,21)15-8-9-22-17(24-15)23-13-3-1-2-11(10-13)14-6-4-12(25-26-14)5-7-16(27)28;1-10-7-11(14-20-4-2-5-21-14)9-12(8-10)23-15-22-6-3-13(24-15)16(17,18)19/h1-4,6,8-10H,5,7H2,(H,27,28)(H,22,23,24);2-9H,1H3,(H,22,23,24). The lowest BCUT2D eigenvalue weighted by Crippen LogP contribution is -2.10. The van der Waals surface area contributed by atoms with Gasteiger partial charge in [0.25, 0.3) is 0 Å². The highest BCUT2D eigenvalue weighted by molar-refractivity contribution is 5.68. The maximum atomic E-state index is 12.8. The molecule has 0 radical (unpaired) electrons. The molecule has 0 bridgehead atoms. The number of carbonyl (C=O) groups is 1. The molecule has 4 aromatic heterocycles. The number of aryl methyl sites for hydroxylation is 2. The summed E-state index contributed by atoms with van der Waals surface area (Å²) in [6.45, 7) is 1.87. The lowest BCUT2D eigenvalue weighted by atomic mass is 10.1. The summed E-state index contributed by atoms with van der Waals surface area (Å²) in [5.74, 6) is -0.701. The minimum Gasteiger partial charge on any atom is -0.481 e. The Morgan fingerprint density at radius 2 is 1.29 bits per heavy atom. The fourth-order valence-electron chi connectivity index (χ4n) is 4.48. The van der Waals surface area contributed by atoms with Crippen LogP contribution in [-0.2, 0) is 23.6 Å². The van der Waals surface area contributed by atoms with Gasteiger partial charge in [0.1, 0.15) is 11.4 Å². The van der Waals surface area contributed by atoms with Crippen molar-refractivity contribution in [3.63, 3.8) is 0 Å². The highest BCUT2D eigenvalue weighted by Gasteiger charge is 2.33. The van der Waals surface area contributed by atoms with Crippen LogP contribution in [0.15, 0.2) is 97.6 Å². The van der Waals surface area contributed by atoms with Gasteiger partial charge in [-0.15, -0.1) is 0 Å².